The van der Waals surface area contributed by atoms with Gasteiger partial charge in [0.25, 0.3) is 0 Å². The summed E-state index contributed by atoms with van der Waals surface area (Å²) in [5.74, 6) is 1.49. The minimum atomic E-state index is -0.0902. The second-order valence-corrected chi connectivity index (χ2v) is 9.99. The highest BCUT2D eigenvalue weighted by Gasteiger charge is 2.33. The van der Waals surface area contributed by atoms with E-state index < -0.39 is 0 Å². The van der Waals surface area contributed by atoms with Gasteiger partial charge in [0.15, 0.2) is 0 Å². The van der Waals surface area contributed by atoms with Crippen LogP contribution in [0.2, 0.25) is 5.02 Å². The number of aromatic nitrogens is 1. The number of rotatable bonds is 5. The van der Waals surface area contributed by atoms with Gasteiger partial charge in [0.05, 0.1) is 17.3 Å². The number of ether oxygens (including phenoxy) is 1. The number of nitrogens with one attached hydrogen (secondary N) is 1. The molecule has 6 nitrogen and oxygen atoms in total. The molecule has 1 aromatic heterocycles. The fourth-order valence-corrected chi connectivity index (χ4v) is 5.58. The van der Waals surface area contributed by atoms with Crippen LogP contribution in [0.15, 0.2) is 48.7 Å². The van der Waals surface area contributed by atoms with Crippen molar-refractivity contribution in [3.05, 3.63) is 59.4 Å². The summed E-state index contributed by atoms with van der Waals surface area (Å²) in [4.78, 5) is 21.6. The molecule has 1 aromatic carbocycles. The third-order valence-electron chi connectivity index (χ3n) is 7.35. The lowest BCUT2D eigenvalue weighted by Gasteiger charge is -2.44. The number of halogens is 1. The topological polar surface area (TPSA) is 57.7 Å². The second kappa shape index (κ2) is 10.8. The molecule has 0 spiro atoms. The predicted octanol–water partition coefficient (Wildman–Crippen LogP) is 5.70. The van der Waals surface area contributed by atoms with Crippen LogP contribution in [0.5, 0.6) is 5.75 Å². The Morgan fingerprint density at radius 2 is 1.91 bits per heavy atom. The lowest BCUT2D eigenvalue weighted by molar-refractivity contribution is 0.0366. The van der Waals surface area contributed by atoms with Crippen molar-refractivity contribution in [2.75, 3.05) is 38.1 Å². The van der Waals surface area contributed by atoms with Crippen molar-refractivity contribution in [3.8, 4) is 5.75 Å². The largest absolute Gasteiger partial charge is 0.493 e. The van der Waals surface area contributed by atoms with E-state index in [4.69, 9.17) is 16.3 Å². The maximum Gasteiger partial charge on any atom is 0.322 e. The van der Waals surface area contributed by atoms with Gasteiger partial charge in [0, 0.05) is 36.9 Å². The number of hydrogen-bond acceptors (Lipinski definition) is 4. The summed E-state index contributed by atoms with van der Waals surface area (Å²) in [6.07, 6.45) is 11.0. The first kappa shape index (κ1) is 23.2. The number of urea groups is 1. The molecule has 4 heterocycles. The molecule has 0 radical (unpaired) electrons. The van der Waals surface area contributed by atoms with Crippen LogP contribution in [0.4, 0.5) is 10.5 Å². The average Bonchev–Trinajstić information content (AvgIpc) is 2.89. The summed E-state index contributed by atoms with van der Waals surface area (Å²) in [7, 11) is 0. The maximum atomic E-state index is 12.7. The molecule has 7 heteroatoms. The zero-order chi connectivity index (χ0) is 23.3. The Hall–Kier alpha value is -2.57. The van der Waals surface area contributed by atoms with Gasteiger partial charge in [-0.25, -0.2) is 4.79 Å². The Labute approximate surface area is 206 Å². The highest BCUT2D eigenvalue weighted by molar-refractivity contribution is 6.30. The van der Waals surface area contributed by atoms with Crippen molar-refractivity contribution in [2.24, 2.45) is 5.92 Å². The van der Waals surface area contributed by atoms with E-state index in [9.17, 15) is 4.79 Å². The van der Waals surface area contributed by atoms with Gasteiger partial charge in [-0.15, -0.1) is 0 Å². The van der Waals surface area contributed by atoms with Crippen molar-refractivity contribution in [1.82, 2.24) is 14.8 Å². The van der Waals surface area contributed by atoms with Gasteiger partial charge < -0.3 is 15.0 Å². The van der Waals surface area contributed by atoms with Crippen LogP contribution < -0.4 is 10.1 Å². The molecule has 2 saturated heterocycles. The number of fused-ring (bicyclic) bond motifs is 1. The molecule has 2 amide bonds. The Morgan fingerprint density at radius 3 is 2.68 bits per heavy atom. The number of benzene rings is 1. The summed E-state index contributed by atoms with van der Waals surface area (Å²) in [5.41, 5.74) is 2.85. The van der Waals surface area contributed by atoms with Crippen LogP contribution in [-0.2, 0) is 0 Å². The van der Waals surface area contributed by atoms with Crippen molar-refractivity contribution in [2.45, 2.75) is 44.6 Å². The number of nitrogens with zero attached hydrogens (tertiary/aromatic N) is 3. The molecular formula is C27H33ClN4O2. The molecule has 0 saturated carbocycles. The van der Waals surface area contributed by atoms with Gasteiger partial charge in [-0.05, 0) is 87.2 Å². The first-order valence-corrected chi connectivity index (χ1v) is 12.9. The summed E-state index contributed by atoms with van der Waals surface area (Å²) in [5, 5.41) is 3.63. The lowest BCUT2D eigenvalue weighted by atomic mass is 9.84. The van der Waals surface area contributed by atoms with Crippen LogP contribution in [0.25, 0.3) is 5.57 Å². The summed E-state index contributed by atoms with van der Waals surface area (Å²) in [6.45, 7) is 4.50. The Bertz CT molecular complexity index is 1010. The highest BCUT2D eigenvalue weighted by atomic mass is 35.5. The third kappa shape index (κ3) is 5.56. The van der Waals surface area contributed by atoms with Crippen LogP contribution in [0.3, 0.4) is 0 Å². The summed E-state index contributed by atoms with van der Waals surface area (Å²) < 4.78 is 6.16. The average molecular weight is 481 g/mol. The van der Waals surface area contributed by atoms with E-state index in [-0.39, 0.29) is 6.03 Å². The molecule has 2 fully saturated rings. The molecule has 3 aliphatic rings. The van der Waals surface area contributed by atoms with Gasteiger partial charge in [0.2, 0.25) is 0 Å². The number of carbonyl (C=O) groups excluding carboxylic acids is 1. The first-order chi connectivity index (χ1) is 16.7. The fourth-order valence-electron chi connectivity index (χ4n) is 5.46. The van der Waals surface area contributed by atoms with Gasteiger partial charge in [-0.2, -0.15) is 0 Å². The number of carbonyl (C=O) groups is 1. The number of piperidine rings is 2. The minimum Gasteiger partial charge on any atom is -0.493 e. The van der Waals surface area contributed by atoms with E-state index in [2.05, 4.69) is 21.3 Å². The SMILES string of the molecule is O=C(Nc1ccc(OC[C@@H]2CCCN3CCCC[C@H]23)cc1)N1CC=C(c2ccc(Cl)cn2)CC1. The molecule has 180 valence electrons. The number of amides is 2. The Morgan fingerprint density at radius 1 is 1.06 bits per heavy atom. The Balaban J connectivity index is 1.10. The van der Waals surface area contributed by atoms with Gasteiger partial charge in [0.1, 0.15) is 5.75 Å². The molecular weight excluding hydrogens is 448 g/mol. The van der Waals surface area contributed by atoms with E-state index in [1.54, 1.807) is 6.20 Å². The highest BCUT2D eigenvalue weighted by Crippen LogP contribution is 2.31. The molecule has 5 rings (SSSR count). The van der Waals surface area contributed by atoms with E-state index >= 15 is 0 Å². The second-order valence-electron chi connectivity index (χ2n) is 9.55. The predicted molar refractivity (Wildman–Crippen MR) is 136 cm³/mol. The normalized spacial score (nSPS) is 23.1. The summed E-state index contributed by atoms with van der Waals surface area (Å²) in [6, 6.07) is 12.1. The minimum absolute atomic E-state index is 0.0902. The van der Waals surface area contributed by atoms with E-state index in [0.29, 0.717) is 30.1 Å². The van der Waals surface area contributed by atoms with Crippen LogP contribution in [0, 0.1) is 5.92 Å². The zero-order valence-electron chi connectivity index (χ0n) is 19.6. The molecule has 3 aliphatic heterocycles. The molecule has 1 N–H and O–H groups in total. The maximum absolute atomic E-state index is 12.7. The molecule has 2 atom stereocenters. The Kier molecular flexibility index (Phi) is 7.36. The smallest absolute Gasteiger partial charge is 0.322 e. The molecule has 34 heavy (non-hydrogen) atoms. The third-order valence-corrected chi connectivity index (χ3v) is 7.57. The van der Waals surface area contributed by atoms with Crippen LogP contribution >= 0.6 is 11.6 Å². The fraction of sp³-hybridized carbons (Fsp3) is 0.481. The van der Waals surface area contributed by atoms with Gasteiger partial charge >= 0.3 is 6.03 Å². The van der Waals surface area contributed by atoms with Crippen LogP contribution in [0.1, 0.15) is 44.2 Å². The van der Waals surface area contributed by atoms with Gasteiger partial charge in [-0.3, -0.25) is 9.88 Å². The van der Waals surface area contributed by atoms with Crippen molar-refractivity contribution < 1.29 is 9.53 Å². The van der Waals surface area contributed by atoms with E-state index in [0.717, 1.165) is 35.7 Å². The van der Waals surface area contributed by atoms with Crippen LogP contribution in [-0.4, -0.2) is 59.6 Å². The molecule has 0 bridgehead atoms. The zero-order valence-corrected chi connectivity index (χ0v) is 20.3. The molecule has 2 aromatic rings. The quantitative estimate of drug-likeness (QED) is 0.596. The van der Waals surface area contributed by atoms with E-state index in [1.807, 2.05) is 41.3 Å². The lowest BCUT2D eigenvalue weighted by Crippen LogP contribution is -2.49. The number of anilines is 1. The van der Waals surface area contributed by atoms with E-state index in [1.165, 1.54) is 45.2 Å². The van der Waals surface area contributed by atoms with Crippen molar-refractivity contribution >= 4 is 28.9 Å². The summed E-state index contributed by atoms with van der Waals surface area (Å²) >= 11 is 5.93. The number of pyridine rings is 1. The number of hydrogen-bond donors (Lipinski definition) is 1. The molecule has 0 unspecified atom stereocenters. The first-order valence-electron chi connectivity index (χ1n) is 12.5. The van der Waals surface area contributed by atoms with Gasteiger partial charge in [-0.1, -0.05) is 24.1 Å². The van der Waals surface area contributed by atoms with Crippen molar-refractivity contribution in [1.29, 1.82) is 0 Å². The standard InChI is InChI=1S/C27H33ClN4O2/c28-22-6-11-25(29-18-22)20-12-16-32(17-13-20)27(33)30-23-7-9-24(10-8-23)34-19-21-4-3-15-31-14-2-1-5-26(21)31/h6-12,18,21,26H,1-5,13-17,19H2,(H,30,33)/t21-,26+/m0/s1. The molecule has 0 aliphatic carbocycles. The van der Waals surface area contributed by atoms with Crippen molar-refractivity contribution in [3.63, 3.8) is 0 Å². The monoisotopic (exact) mass is 480 g/mol.